The molecule has 1 N–H and O–H groups in total. The predicted molar refractivity (Wildman–Crippen MR) is 84.5 cm³/mol. The molecule has 0 aliphatic carbocycles. The Bertz CT molecular complexity index is 634. The maximum Gasteiger partial charge on any atom is 0.132 e. The van der Waals surface area contributed by atoms with Crippen molar-refractivity contribution in [2.45, 2.75) is 6.04 Å². The standard InChI is InChI=1S/C16H17BrFNO2/c1-19-16(12-6-5-11(20-2)9-14(12)18)13-8-10(17)4-7-15(13)21-3/h4-9,16,19H,1-3H3. The van der Waals surface area contributed by atoms with Gasteiger partial charge in [0.2, 0.25) is 0 Å². The van der Waals surface area contributed by atoms with Crippen molar-refractivity contribution < 1.29 is 13.9 Å². The van der Waals surface area contributed by atoms with Gasteiger partial charge in [0.25, 0.3) is 0 Å². The van der Waals surface area contributed by atoms with E-state index in [9.17, 15) is 4.39 Å². The first-order chi connectivity index (χ1) is 10.1. The summed E-state index contributed by atoms with van der Waals surface area (Å²) in [6.45, 7) is 0. The molecule has 1 unspecified atom stereocenters. The second-order valence-corrected chi connectivity index (χ2v) is 5.41. The summed E-state index contributed by atoms with van der Waals surface area (Å²) in [5, 5.41) is 3.13. The highest BCUT2D eigenvalue weighted by molar-refractivity contribution is 9.10. The molecule has 112 valence electrons. The van der Waals surface area contributed by atoms with Gasteiger partial charge >= 0.3 is 0 Å². The SMILES string of the molecule is CNC(c1ccc(OC)cc1F)c1cc(Br)ccc1OC. The van der Waals surface area contributed by atoms with Crippen molar-refractivity contribution >= 4 is 15.9 Å². The van der Waals surface area contributed by atoms with E-state index in [0.717, 1.165) is 10.0 Å². The average Bonchev–Trinajstić information content (AvgIpc) is 2.49. The molecule has 2 rings (SSSR count). The van der Waals surface area contributed by atoms with Gasteiger partial charge in [0.15, 0.2) is 0 Å². The third-order valence-electron chi connectivity index (χ3n) is 3.31. The van der Waals surface area contributed by atoms with Gasteiger partial charge in [0, 0.05) is 21.7 Å². The van der Waals surface area contributed by atoms with E-state index in [0.29, 0.717) is 17.1 Å². The van der Waals surface area contributed by atoms with Crippen molar-refractivity contribution in [3.63, 3.8) is 0 Å². The summed E-state index contributed by atoms with van der Waals surface area (Å²) in [6, 6.07) is 10.2. The number of hydrogen-bond acceptors (Lipinski definition) is 3. The first-order valence-electron chi connectivity index (χ1n) is 6.44. The van der Waals surface area contributed by atoms with E-state index < -0.39 is 0 Å². The van der Waals surface area contributed by atoms with Gasteiger partial charge in [-0.25, -0.2) is 4.39 Å². The molecule has 0 bridgehead atoms. The maximum absolute atomic E-state index is 14.3. The highest BCUT2D eigenvalue weighted by Gasteiger charge is 2.20. The van der Waals surface area contributed by atoms with Crippen molar-refractivity contribution in [3.05, 3.63) is 57.8 Å². The van der Waals surface area contributed by atoms with Crippen LogP contribution in [0.2, 0.25) is 0 Å². The summed E-state index contributed by atoms with van der Waals surface area (Å²) >= 11 is 3.44. The maximum atomic E-state index is 14.3. The van der Waals surface area contributed by atoms with Gasteiger partial charge in [-0.3, -0.25) is 0 Å². The third kappa shape index (κ3) is 3.36. The minimum Gasteiger partial charge on any atom is -0.497 e. The molecule has 21 heavy (non-hydrogen) atoms. The van der Waals surface area contributed by atoms with Crippen LogP contribution in [0.5, 0.6) is 11.5 Å². The number of nitrogens with one attached hydrogen (secondary N) is 1. The minimum absolute atomic E-state index is 0.316. The van der Waals surface area contributed by atoms with E-state index in [1.54, 1.807) is 26.3 Å². The largest absolute Gasteiger partial charge is 0.497 e. The quantitative estimate of drug-likeness (QED) is 0.883. The number of ether oxygens (including phenoxy) is 2. The molecule has 0 amide bonds. The van der Waals surface area contributed by atoms with Gasteiger partial charge in [-0.2, -0.15) is 0 Å². The molecule has 0 radical (unpaired) electrons. The second kappa shape index (κ2) is 6.91. The molecule has 1 atom stereocenters. The Morgan fingerprint density at radius 1 is 1.05 bits per heavy atom. The second-order valence-electron chi connectivity index (χ2n) is 4.50. The van der Waals surface area contributed by atoms with Crippen LogP contribution in [-0.2, 0) is 0 Å². The highest BCUT2D eigenvalue weighted by Crippen LogP contribution is 2.34. The van der Waals surface area contributed by atoms with Crippen molar-refractivity contribution in [1.82, 2.24) is 5.32 Å². The zero-order valence-corrected chi connectivity index (χ0v) is 13.7. The molecule has 0 aromatic heterocycles. The van der Waals surface area contributed by atoms with Crippen LogP contribution in [-0.4, -0.2) is 21.3 Å². The van der Waals surface area contributed by atoms with Crippen LogP contribution < -0.4 is 14.8 Å². The van der Waals surface area contributed by atoms with Crippen LogP contribution in [0.1, 0.15) is 17.2 Å². The number of benzene rings is 2. The van der Waals surface area contributed by atoms with Crippen LogP contribution >= 0.6 is 15.9 Å². The molecule has 0 aliphatic heterocycles. The van der Waals surface area contributed by atoms with E-state index in [2.05, 4.69) is 21.2 Å². The molecule has 0 spiro atoms. The fourth-order valence-corrected chi connectivity index (χ4v) is 2.66. The zero-order chi connectivity index (χ0) is 15.4. The Morgan fingerprint density at radius 3 is 2.38 bits per heavy atom. The number of methoxy groups -OCH3 is 2. The lowest BCUT2D eigenvalue weighted by Gasteiger charge is -2.21. The molecule has 2 aromatic carbocycles. The summed E-state index contributed by atoms with van der Waals surface area (Å²) in [6.07, 6.45) is 0. The van der Waals surface area contributed by atoms with Crippen LogP contribution in [0.25, 0.3) is 0 Å². The Kier molecular flexibility index (Phi) is 5.20. The molecule has 5 heteroatoms. The third-order valence-corrected chi connectivity index (χ3v) is 3.80. The lowest BCUT2D eigenvalue weighted by Crippen LogP contribution is -2.19. The molecule has 3 nitrogen and oxygen atoms in total. The van der Waals surface area contributed by atoms with Crippen LogP contribution in [0.15, 0.2) is 40.9 Å². The first kappa shape index (κ1) is 15.8. The Morgan fingerprint density at radius 2 is 1.81 bits per heavy atom. The predicted octanol–water partition coefficient (Wildman–Crippen LogP) is 3.91. The number of hydrogen-bond donors (Lipinski definition) is 1. The van der Waals surface area contributed by atoms with Crippen LogP contribution in [0.4, 0.5) is 4.39 Å². The summed E-state index contributed by atoms with van der Waals surface area (Å²) < 4.78 is 25.7. The van der Waals surface area contributed by atoms with Crippen LogP contribution in [0.3, 0.4) is 0 Å². The van der Waals surface area contributed by atoms with Gasteiger partial charge in [-0.05, 0) is 31.3 Å². The number of rotatable bonds is 5. The molecular weight excluding hydrogens is 337 g/mol. The Balaban J connectivity index is 2.51. The first-order valence-corrected chi connectivity index (χ1v) is 7.24. The molecule has 0 saturated carbocycles. The zero-order valence-electron chi connectivity index (χ0n) is 12.1. The normalized spacial score (nSPS) is 12.0. The van der Waals surface area contributed by atoms with Gasteiger partial charge in [0.1, 0.15) is 17.3 Å². The molecule has 0 aliphatic rings. The molecular formula is C16H17BrFNO2. The molecule has 0 heterocycles. The van der Waals surface area contributed by atoms with Gasteiger partial charge in [-0.15, -0.1) is 0 Å². The van der Waals surface area contributed by atoms with Crippen molar-refractivity contribution in [2.75, 3.05) is 21.3 Å². The monoisotopic (exact) mass is 353 g/mol. The van der Waals surface area contributed by atoms with Gasteiger partial charge < -0.3 is 14.8 Å². The summed E-state index contributed by atoms with van der Waals surface area (Å²) in [5.74, 6) is 0.871. The van der Waals surface area contributed by atoms with Gasteiger partial charge in [0.05, 0.1) is 20.3 Å². The molecule has 0 saturated heterocycles. The van der Waals surface area contributed by atoms with E-state index in [-0.39, 0.29) is 11.9 Å². The average molecular weight is 354 g/mol. The number of halogens is 2. The fraction of sp³-hybridized carbons (Fsp3) is 0.250. The Hall–Kier alpha value is -1.59. The van der Waals surface area contributed by atoms with Crippen molar-refractivity contribution in [1.29, 1.82) is 0 Å². The van der Waals surface area contributed by atoms with Crippen LogP contribution in [0, 0.1) is 5.82 Å². The van der Waals surface area contributed by atoms with Crippen molar-refractivity contribution in [3.8, 4) is 11.5 Å². The minimum atomic E-state index is -0.323. The smallest absolute Gasteiger partial charge is 0.132 e. The topological polar surface area (TPSA) is 30.5 Å². The lowest BCUT2D eigenvalue weighted by atomic mass is 9.97. The van der Waals surface area contributed by atoms with Gasteiger partial charge in [-0.1, -0.05) is 22.0 Å². The fourth-order valence-electron chi connectivity index (χ4n) is 2.28. The summed E-state index contributed by atoms with van der Waals surface area (Å²) in [7, 11) is 4.90. The van der Waals surface area contributed by atoms with E-state index >= 15 is 0 Å². The van der Waals surface area contributed by atoms with E-state index in [1.165, 1.54) is 13.2 Å². The summed E-state index contributed by atoms with van der Waals surface area (Å²) in [4.78, 5) is 0. The molecule has 0 fully saturated rings. The van der Waals surface area contributed by atoms with E-state index in [1.807, 2.05) is 18.2 Å². The van der Waals surface area contributed by atoms with E-state index in [4.69, 9.17) is 9.47 Å². The lowest BCUT2D eigenvalue weighted by molar-refractivity contribution is 0.403. The highest BCUT2D eigenvalue weighted by atomic mass is 79.9. The Labute approximate surface area is 132 Å². The summed E-state index contributed by atoms with van der Waals surface area (Å²) in [5.41, 5.74) is 1.40. The molecule has 2 aromatic rings. The van der Waals surface area contributed by atoms with Crippen molar-refractivity contribution in [2.24, 2.45) is 0 Å².